The summed E-state index contributed by atoms with van der Waals surface area (Å²) in [6, 6.07) is 10.5. The lowest BCUT2D eigenvalue weighted by Gasteiger charge is -2.19. The number of nitrogens with one attached hydrogen (secondary N) is 1. The molecule has 0 aliphatic heterocycles. The molecular formula is C14H14BrClINS. The van der Waals surface area contributed by atoms with Gasteiger partial charge in [0.15, 0.2) is 0 Å². The summed E-state index contributed by atoms with van der Waals surface area (Å²) in [5.41, 5.74) is 1.25. The summed E-state index contributed by atoms with van der Waals surface area (Å²) in [6.45, 7) is 3.17. The van der Waals surface area contributed by atoms with E-state index >= 15 is 0 Å². The normalized spacial score (nSPS) is 12.6. The average Bonchev–Trinajstić information content (AvgIpc) is 2.80. The van der Waals surface area contributed by atoms with Crippen molar-refractivity contribution in [3.63, 3.8) is 0 Å². The molecule has 1 aromatic heterocycles. The molecule has 0 spiro atoms. The van der Waals surface area contributed by atoms with Crippen molar-refractivity contribution >= 4 is 61.5 Å². The number of hydrogen-bond acceptors (Lipinski definition) is 2. The molecule has 1 atom stereocenters. The minimum absolute atomic E-state index is 0.210. The van der Waals surface area contributed by atoms with E-state index in [9.17, 15) is 0 Å². The van der Waals surface area contributed by atoms with Crippen LogP contribution in [0.25, 0.3) is 0 Å². The van der Waals surface area contributed by atoms with Gasteiger partial charge >= 0.3 is 0 Å². The Hall–Kier alpha value is 0.380. The maximum Gasteiger partial charge on any atom is 0.0702 e. The van der Waals surface area contributed by atoms with Crippen LogP contribution >= 0.6 is 61.5 Å². The highest BCUT2D eigenvalue weighted by Crippen LogP contribution is 2.34. The van der Waals surface area contributed by atoms with Gasteiger partial charge in [0.2, 0.25) is 0 Å². The summed E-state index contributed by atoms with van der Waals surface area (Å²) < 4.78 is 2.39. The van der Waals surface area contributed by atoms with Gasteiger partial charge in [-0.05, 0) is 87.4 Å². The smallest absolute Gasteiger partial charge is 0.0702 e. The van der Waals surface area contributed by atoms with Gasteiger partial charge in [0.05, 0.1) is 9.83 Å². The zero-order chi connectivity index (χ0) is 13.8. The first-order chi connectivity index (χ1) is 9.11. The van der Waals surface area contributed by atoms with E-state index in [1.807, 2.05) is 6.07 Å². The molecule has 0 radical (unpaired) electrons. The van der Waals surface area contributed by atoms with Gasteiger partial charge in [-0.3, -0.25) is 0 Å². The molecule has 0 saturated heterocycles. The van der Waals surface area contributed by atoms with Gasteiger partial charge in [0.1, 0.15) is 0 Å². The number of hydrogen-bond donors (Lipinski definition) is 1. The van der Waals surface area contributed by atoms with Gasteiger partial charge in [0, 0.05) is 13.5 Å². The Morgan fingerprint density at radius 3 is 2.79 bits per heavy atom. The fraction of sp³-hybridized carbons (Fsp3) is 0.286. The van der Waals surface area contributed by atoms with Gasteiger partial charge in [-0.2, -0.15) is 0 Å². The molecule has 1 N–H and O–H groups in total. The molecule has 19 heavy (non-hydrogen) atoms. The van der Waals surface area contributed by atoms with Crippen LogP contribution in [-0.4, -0.2) is 6.54 Å². The predicted molar refractivity (Wildman–Crippen MR) is 96.3 cm³/mol. The molecule has 1 aromatic carbocycles. The van der Waals surface area contributed by atoms with Crippen LogP contribution in [-0.2, 0) is 0 Å². The summed E-state index contributed by atoms with van der Waals surface area (Å²) in [5.74, 6) is 0. The van der Waals surface area contributed by atoms with Crippen LogP contribution in [0.3, 0.4) is 0 Å². The van der Waals surface area contributed by atoms with Crippen LogP contribution in [0.1, 0.15) is 29.8 Å². The monoisotopic (exact) mass is 469 g/mol. The highest BCUT2D eigenvalue weighted by atomic mass is 127. The van der Waals surface area contributed by atoms with Crippen molar-refractivity contribution in [3.05, 3.63) is 53.2 Å². The van der Waals surface area contributed by atoms with Crippen molar-refractivity contribution in [2.45, 2.75) is 19.4 Å². The highest BCUT2D eigenvalue weighted by molar-refractivity contribution is 14.1. The fourth-order valence-corrected chi connectivity index (χ4v) is 4.22. The Bertz CT molecular complexity index is 558. The minimum atomic E-state index is 0.210. The van der Waals surface area contributed by atoms with Crippen molar-refractivity contribution in [3.8, 4) is 0 Å². The van der Waals surface area contributed by atoms with Gasteiger partial charge in [-0.25, -0.2) is 0 Å². The van der Waals surface area contributed by atoms with Crippen LogP contribution in [0, 0.1) is 3.57 Å². The van der Waals surface area contributed by atoms with Gasteiger partial charge in [-0.1, -0.05) is 18.5 Å². The highest BCUT2D eigenvalue weighted by Gasteiger charge is 2.18. The first kappa shape index (κ1) is 15.8. The molecule has 5 heteroatoms. The zero-order valence-corrected chi connectivity index (χ0v) is 15.7. The predicted octanol–water partition coefficient (Wildman–Crippen LogP) is 5.86. The van der Waals surface area contributed by atoms with E-state index < -0.39 is 0 Å². The number of thiophene rings is 1. The van der Waals surface area contributed by atoms with Gasteiger partial charge < -0.3 is 5.32 Å². The summed E-state index contributed by atoms with van der Waals surface area (Å²) in [5, 5.41) is 4.40. The number of halogens is 3. The van der Waals surface area contributed by atoms with E-state index in [2.05, 4.69) is 75.0 Å². The fourth-order valence-electron chi connectivity index (χ4n) is 1.87. The molecule has 1 nitrogen and oxygen atoms in total. The van der Waals surface area contributed by atoms with Crippen LogP contribution in [0.5, 0.6) is 0 Å². The quantitative estimate of drug-likeness (QED) is 0.540. The Morgan fingerprint density at radius 1 is 1.37 bits per heavy atom. The van der Waals surface area contributed by atoms with E-state index in [1.54, 1.807) is 11.3 Å². The third kappa shape index (κ3) is 4.17. The van der Waals surface area contributed by atoms with E-state index in [-0.39, 0.29) is 6.04 Å². The van der Waals surface area contributed by atoms with Crippen molar-refractivity contribution in [1.82, 2.24) is 5.32 Å². The maximum atomic E-state index is 6.15. The average molecular weight is 471 g/mol. The number of rotatable bonds is 5. The van der Waals surface area contributed by atoms with Crippen LogP contribution in [0.4, 0.5) is 0 Å². The van der Waals surface area contributed by atoms with Gasteiger partial charge in [0.25, 0.3) is 0 Å². The number of benzene rings is 1. The van der Waals surface area contributed by atoms with Crippen LogP contribution in [0.15, 0.2) is 34.1 Å². The van der Waals surface area contributed by atoms with E-state index in [0.29, 0.717) is 0 Å². The van der Waals surface area contributed by atoms with Crippen LogP contribution < -0.4 is 5.32 Å². The Balaban J connectivity index is 2.39. The summed E-state index contributed by atoms with van der Waals surface area (Å²) in [7, 11) is 0. The Kier molecular flexibility index (Phi) is 6.14. The molecule has 0 amide bonds. The second-order valence-electron chi connectivity index (χ2n) is 4.19. The largest absolute Gasteiger partial charge is 0.306 e. The summed E-state index contributed by atoms with van der Waals surface area (Å²) in [6.07, 6.45) is 1.11. The van der Waals surface area contributed by atoms with Crippen molar-refractivity contribution in [2.75, 3.05) is 6.54 Å². The standard InChI is InChI=1S/C14H14BrClINS/c1-2-7-18-14(12-5-6-13(15)19-12)10-8-9(16)3-4-11(10)17/h3-6,8,14,18H,2,7H2,1H3. The minimum Gasteiger partial charge on any atom is -0.306 e. The Labute approximate surface area is 145 Å². The SMILES string of the molecule is CCCNC(c1ccc(Br)s1)c1cc(Cl)ccc1I. The molecule has 2 aromatic rings. The molecular weight excluding hydrogens is 456 g/mol. The van der Waals surface area contributed by atoms with E-state index in [0.717, 1.165) is 21.8 Å². The molecule has 1 heterocycles. The molecule has 1 unspecified atom stereocenters. The molecule has 102 valence electrons. The molecule has 0 bridgehead atoms. The summed E-state index contributed by atoms with van der Waals surface area (Å²) >= 11 is 13.8. The van der Waals surface area contributed by atoms with Crippen molar-refractivity contribution in [2.24, 2.45) is 0 Å². The molecule has 0 aliphatic rings. The third-order valence-corrected chi connectivity index (χ3v) is 5.65. The molecule has 0 aliphatic carbocycles. The first-order valence-corrected chi connectivity index (χ1v) is 9.12. The third-order valence-electron chi connectivity index (χ3n) is 2.75. The zero-order valence-electron chi connectivity index (χ0n) is 10.4. The lowest BCUT2D eigenvalue weighted by atomic mass is 10.1. The van der Waals surface area contributed by atoms with E-state index in [4.69, 9.17) is 11.6 Å². The van der Waals surface area contributed by atoms with Crippen molar-refractivity contribution < 1.29 is 0 Å². The lowest BCUT2D eigenvalue weighted by Crippen LogP contribution is -2.23. The Morgan fingerprint density at radius 2 is 2.16 bits per heavy atom. The topological polar surface area (TPSA) is 12.0 Å². The lowest BCUT2D eigenvalue weighted by molar-refractivity contribution is 0.604. The second kappa shape index (κ2) is 7.41. The van der Waals surface area contributed by atoms with Crippen LogP contribution in [0.2, 0.25) is 5.02 Å². The summed E-state index contributed by atoms with van der Waals surface area (Å²) in [4.78, 5) is 1.31. The van der Waals surface area contributed by atoms with Gasteiger partial charge in [-0.15, -0.1) is 11.3 Å². The van der Waals surface area contributed by atoms with E-state index in [1.165, 1.54) is 14.0 Å². The maximum absolute atomic E-state index is 6.15. The second-order valence-corrected chi connectivity index (χ2v) is 8.29. The molecule has 2 rings (SSSR count). The van der Waals surface area contributed by atoms with Crippen molar-refractivity contribution in [1.29, 1.82) is 0 Å². The molecule has 0 saturated carbocycles. The first-order valence-electron chi connectivity index (χ1n) is 6.05. The molecule has 0 fully saturated rings.